The third kappa shape index (κ3) is 4.68. The molecule has 2 aliphatic carbocycles. The van der Waals surface area contributed by atoms with Gasteiger partial charge in [0.25, 0.3) is 0 Å². The van der Waals surface area contributed by atoms with Crippen molar-refractivity contribution in [2.24, 2.45) is 0 Å². The minimum Gasteiger partial charge on any atom is -0.456 e. The average Bonchev–Trinajstić information content (AvgIpc) is 4.07. The molecule has 5 heteroatoms. The molecule has 0 atom stereocenters. The van der Waals surface area contributed by atoms with E-state index in [2.05, 4.69) is 187 Å². The van der Waals surface area contributed by atoms with E-state index in [-0.39, 0.29) is 0 Å². The molecule has 0 saturated heterocycles. The van der Waals surface area contributed by atoms with E-state index in [1.807, 2.05) is 24.3 Å². The van der Waals surface area contributed by atoms with Crippen molar-refractivity contribution in [3.8, 4) is 62.1 Å². The normalized spacial score (nSPS) is 13.2. The van der Waals surface area contributed by atoms with Crippen LogP contribution < -0.4 is 0 Å². The van der Waals surface area contributed by atoms with E-state index >= 15 is 0 Å². The van der Waals surface area contributed by atoms with E-state index < -0.39 is 5.41 Å². The molecule has 3 aromatic heterocycles. The Labute approximate surface area is 362 Å². The molecule has 0 aliphatic heterocycles. The van der Waals surface area contributed by atoms with Gasteiger partial charge in [-0.25, -0.2) is 4.98 Å². The molecule has 0 N–H and O–H groups in total. The Hall–Kier alpha value is -8.41. The summed E-state index contributed by atoms with van der Waals surface area (Å²) in [5.74, 6) is 1.73. The van der Waals surface area contributed by atoms with Gasteiger partial charge >= 0.3 is 0 Å². The van der Waals surface area contributed by atoms with Crippen LogP contribution in [-0.2, 0) is 5.41 Å². The van der Waals surface area contributed by atoms with Crippen molar-refractivity contribution in [1.29, 1.82) is 0 Å². The van der Waals surface area contributed by atoms with Crippen LogP contribution >= 0.6 is 0 Å². The molecule has 2 aliphatic rings. The first-order valence-electron chi connectivity index (χ1n) is 21.4. The fourth-order valence-corrected chi connectivity index (χ4v) is 10.9. The molecule has 1 spiro atoms. The molecule has 0 bridgehead atoms. The molecule has 292 valence electrons. The highest BCUT2D eigenvalue weighted by Crippen LogP contribution is 2.64. The number of para-hydroxylation sites is 1. The zero-order valence-electron chi connectivity index (χ0n) is 33.8. The second kappa shape index (κ2) is 12.8. The smallest absolute Gasteiger partial charge is 0.238 e. The summed E-state index contributed by atoms with van der Waals surface area (Å²) < 4.78 is 8.83. The summed E-state index contributed by atoms with van der Waals surface area (Å²) in [5, 5.41) is 4.41. The lowest BCUT2D eigenvalue weighted by molar-refractivity contribution is 0.669. The zero-order valence-corrected chi connectivity index (χ0v) is 33.8. The molecule has 0 unspecified atom stereocenters. The molecule has 63 heavy (non-hydrogen) atoms. The first-order chi connectivity index (χ1) is 31.2. The average molecular weight is 803 g/mol. The Morgan fingerprint density at radius 2 is 0.952 bits per heavy atom. The minimum atomic E-state index is -0.488. The monoisotopic (exact) mass is 802 g/mol. The number of rotatable bonds is 4. The molecular formula is C58H34N4O. The van der Waals surface area contributed by atoms with Crippen LogP contribution in [0.25, 0.3) is 106 Å². The topological polar surface area (TPSA) is 56.7 Å². The maximum Gasteiger partial charge on any atom is 0.238 e. The molecule has 3 heterocycles. The Kier molecular flexibility index (Phi) is 6.97. The number of benzene rings is 9. The standard InChI is InChI=1S/C58H34N4O/c1-3-15-35(16-4-1)37-28-32-51-45(33-37)42-29-27-38(34-52(42)63-51)56-59-55(36-17-5-2-6-18-36)60-57(61-56)62-50-26-14-10-21-41(50)43-30-31-49-53(54(43)62)44-22-9-13-25-48(44)58(49)46-23-11-7-19-39(46)40-20-8-12-24-47(40)58/h1-34H. The summed E-state index contributed by atoms with van der Waals surface area (Å²) in [5.41, 5.74) is 17.5. The summed E-state index contributed by atoms with van der Waals surface area (Å²) in [6, 6.07) is 73.6. The SMILES string of the molecule is c1ccc(-c2ccc3oc4cc(-c5nc(-c6ccccc6)nc(-n6c7ccccc7c7ccc8c(c76)-c6ccccc6C86c7ccccc7-c7ccccc76)n5)ccc4c3c2)cc1. The fourth-order valence-electron chi connectivity index (χ4n) is 10.9. The van der Waals surface area contributed by atoms with Gasteiger partial charge in [-0.15, -0.1) is 0 Å². The molecule has 12 aromatic rings. The summed E-state index contributed by atoms with van der Waals surface area (Å²) in [7, 11) is 0. The van der Waals surface area contributed by atoms with Gasteiger partial charge in [0.2, 0.25) is 5.95 Å². The summed E-state index contributed by atoms with van der Waals surface area (Å²) >= 11 is 0. The molecular weight excluding hydrogens is 769 g/mol. The summed E-state index contributed by atoms with van der Waals surface area (Å²) in [4.78, 5) is 16.0. The highest BCUT2D eigenvalue weighted by molar-refractivity contribution is 6.16. The van der Waals surface area contributed by atoms with E-state index in [9.17, 15) is 0 Å². The van der Waals surface area contributed by atoms with Crippen LogP contribution in [0.4, 0.5) is 0 Å². The van der Waals surface area contributed by atoms with Crippen molar-refractivity contribution in [2.45, 2.75) is 5.41 Å². The van der Waals surface area contributed by atoms with Gasteiger partial charge in [0, 0.05) is 38.2 Å². The van der Waals surface area contributed by atoms with Gasteiger partial charge in [0.1, 0.15) is 11.2 Å². The van der Waals surface area contributed by atoms with E-state index in [1.54, 1.807) is 0 Å². The van der Waals surface area contributed by atoms with Crippen molar-refractivity contribution in [2.75, 3.05) is 0 Å². The second-order valence-corrected chi connectivity index (χ2v) is 16.7. The lowest BCUT2D eigenvalue weighted by Crippen LogP contribution is -2.25. The highest BCUT2D eigenvalue weighted by Gasteiger charge is 2.52. The van der Waals surface area contributed by atoms with Crippen LogP contribution in [0.2, 0.25) is 0 Å². The fraction of sp³-hybridized carbons (Fsp3) is 0.0172. The summed E-state index contributed by atoms with van der Waals surface area (Å²) in [6.45, 7) is 0. The zero-order chi connectivity index (χ0) is 41.2. The highest BCUT2D eigenvalue weighted by atomic mass is 16.3. The molecule has 5 nitrogen and oxygen atoms in total. The van der Waals surface area contributed by atoms with Crippen LogP contribution in [0, 0.1) is 0 Å². The number of aromatic nitrogens is 4. The van der Waals surface area contributed by atoms with Gasteiger partial charge in [0.05, 0.1) is 16.4 Å². The predicted octanol–water partition coefficient (Wildman–Crippen LogP) is 14.2. The van der Waals surface area contributed by atoms with Gasteiger partial charge in [-0.05, 0) is 80.4 Å². The first-order valence-corrected chi connectivity index (χ1v) is 21.4. The molecule has 0 fully saturated rings. The number of nitrogens with zero attached hydrogens (tertiary/aromatic N) is 4. The van der Waals surface area contributed by atoms with Crippen LogP contribution in [0.1, 0.15) is 22.3 Å². The Balaban J connectivity index is 1.04. The molecule has 9 aromatic carbocycles. The van der Waals surface area contributed by atoms with E-state index in [0.717, 1.165) is 60.4 Å². The van der Waals surface area contributed by atoms with Crippen LogP contribution in [-0.4, -0.2) is 19.5 Å². The van der Waals surface area contributed by atoms with E-state index in [0.29, 0.717) is 17.6 Å². The third-order valence-electron chi connectivity index (χ3n) is 13.5. The Morgan fingerprint density at radius 3 is 1.70 bits per heavy atom. The lowest BCUT2D eigenvalue weighted by Gasteiger charge is -2.30. The Bertz CT molecular complexity index is 3820. The van der Waals surface area contributed by atoms with Crippen molar-refractivity contribution < 1.29 is 4.42 Å². The van der Waals surface area contributed by atoms with Gasteiger partial charge in [-0.3, -0.25) is 4.57 Å². The van der Waals surface area contributed by atoms with Crippen molar-refractivity contribution in [3.05, 3.63) is 229 Å². The van der Waals surface area contributed by atoms with Gasteiger partial charge in [-0.2, -0.15) is 9.97 Å². The molecule has 0 radical (unpaired) electrons. The number of fused-ring (bicyclic) bond motifs is 17. The number of hydrogen-bond acceptors (Lipinski definition) is 4. The van der Waals surface area contributed by atoms with Crippen LogP contribution in [0.3, 0.4) is 0 Å². The van der Waals surface area contributed by atoms with Gasteiger partial charge in [-0.1, -0.05) is 176 Å². The number of hydrogen-bond donors (Lipinski definition) is 0. The van der Waals surface area contributed by atoms with Crippen molar-refractivity contribution in [3.63, 3.8) is 0 Å². The van der Waals surface area contributed by atoms with Crippen LogP contribution in [0.5, 0.6) is 0 Å². The van der Waals surface area contributed by atoms with E-state index in [4.69, 9.17) is 19.4 Å². The summed E-state index contributed by atoms with van der Waals surface area (Å²) in [6.07, 6.45) is 0. The van der Waals surface area contributed by atoms with Crippen molar-refractivity contribution >= 4 is 43.7 Å². The quantitative estimate of drug-likeness (QED) is 0.178. The second-order valence-electron chi connectivity index (χ2n) is 16.7. The van der Waals surface area contributed by atoms with E-state index in [1.165, 1.54) is 50.1 Å². The Morgan fingerprint density at radius 1 is 0.365 bits per heavy atom. The largest absolute Gasteiger partial charge is 0.456 e. The first kappa shape index (κ1) is 34.3. The third-order valence-corrected chi connectivity index (χ3v) is 13.5. The van der Waals surface area contributed by atoms with Crippen LogP contribution in [0.15, 0.2) is 211 Å². The van der Waals surface area contributed by atoms with Gasteiger partial charge < -0.3 is 4.42 Å². The molecule has 0 saturated carbocycles. The predicted molar refractivity (Wildman–Crippen MR) is 254 cm³/mol. The molecule has 0 amide bonds. The molecule has 14 rings (SSSR count). The minimum absolute atomic E-state index is 0.488. The van der Waals surface area contributed by atoms with Gasteiger partial charge in [0.15, 0.2) is 11.6 Å². The maximum absolute atomic E-state index is 6.54. The maximum atomic E-state index is 6.54. The van der Waals surface area contributed by atoms with Crippen molar-refractivity contribution in [1.82, 2.24) is 19.5 Å². The number of furan rings is 1. The lowest BCUT2D eigenvalue weighted by atomic mass is 9.70.